The molecule has 7 nitrogen and oxygen atoms in total. The van der Waals surface area contributed by atoms with Crippen LogP contribution in [0.15, 0.2) is 54.9 Å². The topological polar surface area (TPSA) is 85.2 Å². The van der Waals surface area contributed by atoms with Crippen molar-refractivity contribution in [3.63, 3.8) is 0 Å². The van der Waals surface area contributed by atoms with E-state index in [9.17, 15) is 13.2 Å². The lowest BCUT2D eigenvalue weighted by Crippen LogP contribution is -2.38. The Morgan fingerprint density at radius 1 is 1.09 bits per heavy atom. The number of nitrogens with zero attached hydrogens (tertiary/aromatic N) is 4. The molecule has 0 radical (unpaired) electrons. The number of carbonyl (C=O) groups is 1. The normalized spacial score (nSPS) is 22.4. The van der Waals surface area contributed by atoms with Crippen LogP contribution in [0.4, 0.5) is 0 Å². The molecule has 2 aliphatic rings. The maximum absolute atomic E-state index is 13.7. The Morgan fingerprint density at radius 3 is 2.61 bits per heavy atom. The fourth-order valence-electron chi connectivity index (χ4n) is 4.82. The molecule has 0 bridgehead atoms. The molecule has 2 fully saturated rings. The van der Waals surface area contributed by atoms with Crippen molar-refractivity contribution in [2.75, 3.05) is 18.1 Å². The zero-order valence-electron chi connectivity index (χ0n) is 18.1. The van der Waals surface area contributed by atoms with Gasteiger partial charge >= 0.3 is 0 Å². The molecule has 0 saturated carbocycles. The van der Waals surface area contributed by atoms with Crippen LogP contribution in [-0.4, -0.2) is 52.0 Å². The van der Waals surface area contributed by atoms with E-state index in [1.54, 1.807) is 29.1 Å². The van der Waals surface area contributed by atoms with Gasteiger partial charge < -0.3 is 4.90 Å². The van der Waals surface area contributed by atoms with Crippen molar-refractivity contribution in [3.8, 4) is 11.3 Å². The summed E-state index contributed by atoms with van der Waals surface area (Å²) in [6.45, 7) is 0.652. The third-order valence-electron chi connectivity index (χ3n) is 6.48. The standard InChI is InChI=1S/C24H25ClN4O3S/c25-19-8-6-17(7-9-19)23-14-21(27-29(23)20-10-13-33(31,32)16-20)24(30)28-12-2-1-5-22(28)18-4-3-11-26-15-18/h3-4,6-9,11,14-15,20,22H,1-2,5,10,12-13,16H2/t20?,22-/m1/s1. The van der Waals surface area contributed by atoms with E-state index >= 15 is 0 Å². The summed E-state index contributed by atoms with van der Waals surface area (Å²) in [7, 11) is -3.11. The maximum atomic E-state index is 13.7. The fraction of sp³-hybridized carbons (Fsp3) is 0.375. The summed E-state index contributed by atoms with van der Waals surface area (Å²) in [6, 6.07) is 12.6. The minimum Gasteiger partial charge on any atom is -0.330 e. The van der Waals surface area contributed by atoms with Crippen molar-refractivity contribution in [1.82, 2.24) is 19.7 Å². The summed E-state index contributed by atoms with van der Waals surface area (Å²) in [5.74, 6) is 0.0273. The number of carbonyl (C=O) groups excluding carboxylic acids is 1. The number of likely N-dealkylation sites (tertiary alicyclic amines) is 1. The zero-order chi connectivity index (χ0) is 23.0. The lowest BCUT2D eigenvalue weighted by molar-refractivity contribution is 0.0604. The average molecular weight is 485 g/mol. The van der Waals surface area contributed by atoms with Gasteiger partial charge in [0.25, 0.3) is 5.91 Å². The molecule has 33 heavy (non-hydrogen) atoms. The number of halogens is 1. The lowest BCUT2D eigenvalue weighted by atomic mass is 9.96. The monoisotopic (exact) mass is 484 g/mol. The van der Waals surface area contributed by atoms with Gasteiger partial charge in [-0.3, -0.25) is 14.5 Å². The van der Waals surface area contributed by atoms with Crippen LogP contribution < -0.4 is 0 Å². The van der Waals surface area contributed by atoms with Gasteiger partial charge in [0.05, 0.1) is 29.3 Å². The van der Waals surface area contributed by atoms with Crippen LogP contribution in [0.2, 0.25) is 5.02 Å². The molecule has 1 aromatic carbocycles. The van der Waals surface area contributed by atoms with Crippen LogP contribution in [-0.2, 0) is 9.84 Å². The van der Waals surface area contributed by atoms with Crippen molar-refractivity contribution in [3.05, 3.63) is 71.1 Å². The van der Waals surface area contributed by atoms with Crippen molar-refractivity contribution >= 4 is 27.3 Å². The molecule has 1 unspecified atom stereocenters. The highest BCUT2D eigenvalue weighted by molar-refractivity contribution is 7.91. The molecule has 0 spiro atoms. The molecular weight excluding hydrogens is 460 g/mol. The third kappa shape index (κ3) is 4.54. The predicted octanol–water partition coefficient (Wildman–Crippen LogP) is 4.33. The Morgan fingerprint density at radius 2 is 1.91 bits per heavy atom. The van der Waals surface area contributed by atoms with E-state index in [0.717, 1.165) is 36.1 Å². The smallest absolute Gasteiger partial charge is 0.274 e. The Hall–Kier alpha value is -2.71. The minimum atomic E-state index is -3.11. The van der Waals surface area contributed by atoms with E-state index in [-0.39, 0.29) is 29.5 Å². The van der Waals surface area contributed by atoms with Crippen LogP contribution in [0.1, 0.15) is 53.8 Å². The number of sulfone groups is 1. The number of hydrogen-bond donors (Lipinski definition) is 0. The first-order valence-electron chi connectivity index (χ1n) is 11.2. The van der Waals surface area contributed by atoms with E-state index in [1.165, 1.54) is 0 Å². The molecule has 2 aromatic heterocycles. The van der Waals surface area contributed by atoms with Gasteiger partial charge in [0.15, 0.2) is 15.5 Å². The Labute approximate surface area is 198 Å². The summed E-state index contributed by atoms with van der Waals surface area (Å²) in [5.41, 5.74) is 2.93. The number of hydrogen-bond acceptors (Lipinski definition) is 5. The van der Waals surface area contributed by atoms with Crippen molar-refractivity contribution in [2.24, 2.45) is 0 Å². The molecule has 0 N–H and O–H groups in total. The highest BCUT2D eigenvalue weighted by Gasteiger charge is 2.34. The minimum absolute atomic E-state index is 0.0327. The molecule has 0 aliphatic carbocycles. The van der Waals surface area contributed by atoms with Gasteiger partial charge in [0, 0.05) is 24.0 Å². The first kappa shape index (κ1) is 22.1. The predicted molar refractivity (Wildman–Crippen MR) is 127 cm³/mol. The summed E-state index contributed by atoms with van der Waals surface area (Å²) in [5, 5.41) is 5.28. The van der Waals surface area contributed by atoms with Gasteiger partial charge in [-0.2, -0.15) is 5.10 Å². The largest absolute Gasteiger partial charge is 0.330 e. The fourth-order valence-corrected chi connectivity index (χ4v) is 6.64. The Bertz CT molecular complexity index is 1260. The van der Waals surface area contributed by atoms with Gasteiger partial charge in [0.1, 0.15) is 0 Å². The molecule has 1 amide bonds. The number of amides is 1. The number of rotatable bonds is 4. The quantitative estimate of drug-likeness (QED) is 0.550. The molecule has 3 aromatic rings. The molecule has 2 saturated heterocycles. The lowest BCUT2D eigenvalue weighted by Gasteiger charge is -2.35. The molecule has 4 heterocycles. The second-order valence-corrected chi connectivity index (χ2v) is 11.4. The maximum Gasteiger partial charge on any atom is 0.274 e. The highest BCUT2D eigenvalue weighted by atomic mass is 35.5. The van der Waals surface area contributed by atoms with Gasteiger partial charge in [0.2, 0.25) is 0 Å². The summed E-state index contributed by atoms with van der Waals surface area (Å²) in [6.07, 6.45) is 6.90. The van der Waals surface area contributed by atoms with E-state index in [0.29, 0.717) is 23.7 Å². The van der Waals surface area contributed by atoms with Crippen LogP contribution in [0.3, 0.4) is 0 Å². The average Bonchev–Trinajstić information content (AvgIpc) is 3.43. The second kappa shape index (κ2) is 8.91. The molecule has 172 valence electrons. The van der Waals surface area contributed by atoms with Gasteiger partial charge in [-0.1, -0.05) is 29.8 Å². The number of aromatic nitrogens is 3. The third-order valence-corrected chi connectivity index (χ3v) is 8.48. The number of piperidine rings is 1. The van der Waals surface area contributed by atoms with Crippen molar-refractivity contribution < 1.29 is 13.2 Å². The van der Waals surface area contributed by atoms with Crippen LogP contribution >= 0.6 is 11.6 Å². The molecular formula is C24H25ClN4O3S. The molecule has 9 heteroatoms. The summed E-state index contributed by atoms with van der Waals surface area (Å²) in [4.78, 5) is 19.8. The van der Waals surface area contributed by atoms with Gasteiger partial charge in [-0.15, -0.1) is 0 Å². The van der Waals surface area contributed by atoms with E-state index in [4.69, 9.17) is 11.6 Å². The molecule has 2 atom stereocenters. The van der Waals surface area contributed by atoms with Crippen molar-refractivity contribution in [1.29, 1.82) is 0 Å². The van der Waals surface area contributed by atoms with Crippen LogP contribution in [0.25, 0.3) is 11.3 Å². The summed E-state index contributed by atoms with van der Waals surface area (Å²) < 4.78 is 26.0. The summed E-state index contributed by atoms with van der Waals surface area (Å²) >= 11 is 6.07. The first-order chi connectivity index (χ1) is 15.9. The second-order valence-electron chi connectivity index (χ2n) is 8.72. The molecule has 2 aliphatic heterocycles. The van der Waals surface area contributed by atoms with Crippen LogP contribution in [0.5, 0.6) is 0 Å². The highest BCUT2D eigenvalue weighted by Crippen LogP contribution is 2.34. The van der Waals surface area contributed by atoms with E-state index in [1.807, 2.05) is 35.4 Å². The number of pyridine rings is 1. The SMILES string of the molecule is O=C(c1cc(-c2ccc(Cl)cc2)n(C2CCS(=O)(=O)C2)n1)N1CCCC[C@@H]1c1cccnc1. The van der Waals surface area contributed by atoms with E-state index < -0.39 is 9.84 Å². The Kier molecular flexibility index (Phi) is 5.97. The first-order valence-corrected chi connectivity index (χ1v) is 13.4. The van der Waals surface area contributed by atoms with Crippen molar-refractivity contribution in [2.45, 2.75) is 37.8 Å². The molecule has 5 rings (SSSR count). The van der Waals surface area contributed by atoms with Gasteiger partial charge in [-0.25, -0.2) is 8.42 Å². The number of benzene rings is 1. The van der Waals surface area contributed by atoms with Gasteiger partial charge in [-0.05, 0) is 61.1 Å². The van der Waals surface area contributed by atoms with Crippen LogP contribution in [0, 0.1) is 0 Å². The Balaban J connectivity index is 1.53. The zero-order valence-corrected chi connectivity index (χ0v) is 19.7. The van der Waals surface area contributed by atoms with E-state index in [2.05, 4.69) is 10.1 Å².